The summed E-state index contributed by atoms with van der Waals surface area (Å²) in [6.07, 6.45) is 0. The molecule has 1 heterocycles. The van der Waals surface area contributed by atoms with Gasteiger partial charge in [0.1, 0.15) is 23.2 Å². The third-order valence-corrected chi connectivity index (χ3v) is 5.40. The van der Waals surface area contributed by atoms with E-state index in [1.807, 2.05) is 32.0 Å². The number of benzene rings is 3. The Bertz CT molecular complexity index is 1400. The third kappa shape index (κ3) is 3.69. The summed E-state index contributed by atoms with van der Waals surface area (Å²) in [5, 5.41) is 13.2. The van der Waals surface area contributed by atoms with Gasteiger partial charge in [-0.25, -0.2) is 4.39 Å². The average molecular weight is 412 g/mol. The van der Waals surface area contributed by atoms with Gasteiger partial charge in [-0.05, 0) is 56.7 Å². The summed E-state index contributed by atoms with van der Waals surface area (Å²) < 4.78 is 20.7. The molecule has 1 atom stereocenters. The molecule has 0 bridgehead atoms. The van der Waals surface area contributed by atoms with E-state index in [1.165, 1.54) is 6.07 Å². The van der Waals surface area contributed by atoms with Crippen LogP contribution < -0.4 is 10.7 Å². The molecule has 3 aromatic carbocycles. The molecule has 0 amide bonds. The van der Waals surface area contributed by atoms with Gasteiger partial charge in [-0.15, -0.1) is 0 Å². The van der Waals surface area contributed by atoms with Crippen LogP contribution in [-0.4, -0.2) is 0 Å². The highest BCUT2D eigenvalue weighted by molar-refractivity contribution is 5.84. The predicted molar refractivity (Wildman–Crippen MR) is 121 cm³/mol. The molecule has 0 aliphatic rings. The molecule has 154 valence electrons. The van der Waals surface area contributed by atoms with E-state index in [0.717, 1.165) is 11.1 Å². The van der Waals surface area contributed by atoms with E-state index in [0.29, 0.717) is 27.8 Å². The van der Waals surface area contributed by atoms with Gasteiger partial charge >= 0.3 is 0 Å². The second-order valence-electron chi connectivity index (χ2n) is 7.62. The van der Waals surface area contributed by atoms with Crippen LogP contribution in [0.15, 0.2) is 69.9 Å². The number of hydrogen-bond acceptors (Lipinski definition) is 4. The van der Waals surface area contributed by atoms with Gasteiger partial charge in [0, 0.05) is 11.1 Å². The normalized spacial score (nSPS) is 11.8. The Morgan fingerprint density at radius 1 is 1.06 bits per heavy atom. The second kappa shape index (κ2) is 8.08. The van der Waals surface area contributed by atoms with Gasteiger partial charge in [-0.2, -0.15) is 5.26 Å². The Kier molecular flexibility index (Phi) is 5.31. The van der Waals surface area contributed by atoms with Gasteiger partial charge in [-0.1, -0.05) is 30.3 Å². The highest BCUT2D eigenvalue weighted by atomic mass is 19.1. The highest BCUT2D eigenvalue weighted by Crippen LogP contribution is 2.33. The van der Waals surface area contributed by atoms with Crippen LogP contribution in [0.2, 0.25) is 0 Å². The third-order valence-electron chi connectivity index (χ3n) is 5.40. The average Bonchev–Trinajstić information content (AvgIpc) is 2.77. The number of hydrogen-bond donors (Lipinski definition) is 1. The quantitative estimate of drug-likeness (QED) is 0.430. The Labute approximate surface area is 179 Å². The summed E-state index contributed by atoms with van der Waals surface area (Å²) in [6, 6.07) is 19.1. The maximum Gasteiger partial charge on any atom is 0.196 e. The van der Waals surface area contributed by atoms with Crippen molar-refractivity contribution in [1.29, 1.82) is 5.26 Å². The SMILES string of the molecule is Cc1cc(C(C)Nc2ccccc2C#N)c2oc(-c3ccccc3F)c(C)c(=O)c2c1. The molecule has 1 N–H and O–H groups in total. The van der Waals surface area contributed by atoms with Crippen molar-refractivity contribution in [2.45, 2.75) is 26.8 Å². The predicted octanol–water partition coefficient (Wildman–Crippen LogP) is 6.26. The van der Waals surface area contributed by atoms with Crippen molar-refractivity contribution in [3.8, 4) is 17.4 Å². The number of aryl methyl sites for hydroxylation is 1. The summed E-state index contributed by atoms with van der Waals surface area (Å²) in [4.78, 5) is 13.2. The van der Waals surface area contributed by atoms with Crippen molar-refractivity contribution in [3.05, 3.63) is 99.0 Å². The van der Waals surface area contributed by atoms with Gasteiger partial charge in [0.15, 0.2) is 5.43 Å². The standard InChI is InChI=1S/C26H21FN2O2/c1-15-12-20(17(3)29-23-11-7-4-8-18(23)14-28)26-21(13-15)24(30)16(2)25(31-26)19-9-5-6-10-22(19)27/h4-13,17,29H,1-3H3. The molecule has 1 aromatic heterocycles. The first-order valence-corrected chi connectivity index (χ1v) is 9.99. The monoisotopic (exact) mass is 412 g/mol. The number of nitriles is 1. The Morgan fingerprint density at radius 3 is 2.52 bits per heavy atom. The van der Waals surface area contributed by atoms with E-state index in [1.54, 1.807) is 43.3 Å². The number of nitrogens with zero attached hydrogens (tertiary/aromatic N) is 1. The van der Waals surface area contributed by atoms with Crippen molar-refractivity contribution < 1.29 is 8.81 Å². The molecule has 0 spiro atoms. The zero-order chi connectivity index (χ0) is 22.1. The topological polar surface area (TPSA) is 66.0 Å². The van der Waals surface area contributed by atoms with Crippen LogP contribution in [0, 0.1) is 31.0 Å². The number of nitrogens with one attached hydrogen (secondary N) is 1. The maximum atomic E-state index is 14.5. The molecular weight excluding hydrogens is 391 g/mol. The fourth-order valence-corrected chi connectivity index (χ4v) is 3.81. The lowest BCUT2D eigenvalue weighted by Crippen LogP contribution is -2.13. The number of anilines is 1. The van der Waals surface area contributed by atoms with E-state index in [4.69, 9.17) is 4.42 Å². The summed E-state index contributed by atoms with van der Waals surface area (Å²) in [5.74, 6) is -0.221. The van der Waals surface area contributed by atoms with Crippen molar-refractivity contribution in [2.75, 3.05) is 5.32 Å². The molecule has 4 rings (SSSR count). The summed E-state index contributed by atoms with van der Waals surface area (Å²) >= 11 is 0. The van der Waals surface area contributed by atoms with Crippen LogP contribution in [0.3, 0.4) is 0 Å². The van der Waals surface area contributed by atoms with Crippen LogP contribution >= 0.6 is 0 Å². The Balaban J connectivity index is 1.92. The smallest absolute Gasteiger partial charge is 0.196 e. The fourth-order valence-electron chi connectivity index (χ4n) is 3.81. The maximum absolute atomic E-state index is 14.5. The number of fused-ring (bicyclic) bond motifs is 1. The Morgan fingerprint density at radius 2 is 1.77 bits per heavy atom. The molecule has 0 saturated carbocycles. The molecular formula is C26H21FN2O2. The first-order valence-electron chi connectivity index (χ1n) is 9.99. The molecule has 1 unspecified atom stereocenters. The Hall–Kier alpha value is -3.91. The van der Waals surface area contributed by atoms with Crippen molar-refractivity contribution in [1.82, 2.24) is 0 Å². The molecule has 0 aliphatic heterocycles. The lowest BCUT2D eigenvalue weighted by molar-refractivity contribution is 0.586. The number of halogens is 1. The second-order valence-corrected chi connectivity index (χ2v) is 7.62. The molecule has 4 aromatic rings. The summed E-state index contributed by atoms with van der Waals surface area (Å²) in [5.41, 5.74) is 3.73. The van der Waals surface area contributed by atoms with Crippen LogP contribution in [0.5, 0.6) is 0 Å². The zero-order valence-electron chi connectivity index (χ0n) is 17.5. The minimum atomic E-state index is -0.448. The molecule has 0 fully saturated rings. The van der Waals surface area contributed by atoms with E-state index in [-0.39, 0.29) is 22.8 Å². The fraction of sp³-hybridized carbons (Fsp3) is 0.154. The van der Waals surface area contributed by atoms with E-state index in [2.05, 4.69) is 11.4 Å². The molecule has 5 heteroatoms. The lowest BCUT2D eigenvalue weighted by Gasteiger charge is -2.19. The minimum absolute atomic E-state index is 0.186. The lowest BCUT2D eigenvalue weighted by atomic mass is 9.98. The molecule has 31 heavy (non-hydrogen) atoms. The molecule has 0 aliphatic carbocycles. The molecule has 0 saturated heterocycles. The highest BCUT2D eigenvalue weighted by Gasteiger charge is 2.20. The van der Waals surface area contributed by atoms with E-state index in [9.17, 15) is 14.4 Å². The van der Waals surface area contributed by atoms with Gasteiger partial charge in [0.2, 0.25) is 0 Å². The molecule has 4 nitrogen and oxygen atoms in total. The molecule has 0 radical (unpaired) electrons. The first kappa shape index (κ1) is 20.4. The van der Waals surface area contributed by atoms with Crippen molar-refractivity contribution in [3.63, 3.8) is 0 Å². The number of rotatable bonds is 4. The van der Waals surface area contributed by atoms with E-state index < -0.39 is 5.82 Å². The van der Waals surface area contributed by atoms with Crippen LogP contribution in [0.25, 0.3) is 22.3 Å². The van der Waals surface area contributed by atoms with Gasteiger partial charge in [0.05, 0.1) is 28.2 Å². The van der Waals surface area contributed by atoms with Crippen LogP contribution in [0.1, 0.15) is 35.2 Å². The van der Waals surface area contributed by atoms with E-state index >= 15 is 0 Å². The van der Waals surface area contributed by atoms with Gasteiger partial charge in [-0.3, -0.25) is 4.79 Å². The summed E-state index contributed by atoms with van der Waals surface area (Å²) in [7, 11) is 0. The van der Waals surface area contributed by atoms with Crippen molar-refractivity contribution in [2.24, 2.45) is 0 Å². The minimum Gasteiger partial charge on any atom is -0.455 e. The van der Waals surface area contributed by atoms with Gasteiger partial charge < -0.3 is 9.73 Å². The number of para-hydroxylation sites is 1. The zero-order valence-corrected chi connectivity index (χ0v) is 17.5. The largest absolute Gasteiger partial charge is 0.455 e. The first-order chi connectivity index (χ1) is 14.9. The van der Waals surface area contributed by atoms with Crippen LogP contribution in [-0.2, 0) is 0 Å². The summed E-state index contributed by atoms with van der Waals surface area (Å²) in [6.45, 7) is 5.50. The van der Waals surface area contributed by atoms with Gasteiger partial charge in [0.25, 0.3) is 0 Å². The van der Waals surface area contributed by atoms with Crippen LogP contribution in [0.4, 0.5) is 10.1 Å². The van der Waals surface area contributed by atoms with Crippen molar-refractivity contribution >= 4 is 16.7 Å².